The van der Waals surface area contributed by atoms with Crippen molar-refractivity contribution in [2.24, 2.45) is 0 Å². The minimum atomic E-state index is -3.61. The lowest BCUT2D eigenvalue weighted by Crippen LogP contribution is -2.68. The summed E-state index contributed by atoms with van der Waals surface area (Å²) < 4.78 is 53.5. The minimum absolute atomic E-state index is 0.114. The summed E-state index contributed by atoms with van der Waals surface area (Å²) in [4.78, 5) is 32.4. The summed E-state index contributed by atoms with van der Waals surface area (Å²) in [6, 6.07) is 55.5. The molecule has 0 aliphatic carbocycles. The van der Waals surface area contributed by atoms with Crippen molar-refractivity contribution in [1.82, 2.24) is 9.03 Å². The molecule has 14 heteroatoms. The Bertz CT molecular complexity index is 2940. The molecule has 71 heavy (non-hydrogen) atoms. The average molecular weight is 1030 g/mol. The predicted octanol–water partition coefficient (Wildman–Crippen LogP) is 8.43. The van der Waals surface area contributed by atoms with Crippen LogP contribution >= 0.6 is 0 Å². The van der Waals surface area contributed by atoms with E-state index < -0.39 is 36.2 Å². The van der Waals surface area contributed by atoms with Gasteiger partial charge in [0.15, 0.2) is 0 Å². The van der Waals surface area contributed by atoms with E-state index in [1.165, 1.54) is 39.1 Å². The Morgan fingerprint density at radius 3 is 1.14 bits per heavy atom. The van der Waals surface area contributed by atoms with Crippen LogP contribution in [0.25, 0.3) is 0 Å². The predicted molar refractivity (Wildman–Crippen MR) is 296 cm³/mol. The van der Waals surface area contributed by atoms with Crippen molar-refractivity contribution < 1.29 is 26.4 Å². The Kier molecular flexibility index (Phi) is 15.8. The van der Waals surface area contributed by atoms with Crippen LogP contribution in [0.3, 0.4) is 0 Å². The van der Waals surface area contributed by atoms with Crippen molar-refractivity contribution >= 4 is 80.1 Å². The summed E-state index contributed by atoms with van der Waals surface area (Å²) in [5, 5.41) is 4.83. The molecule has 372 valence electrons. The number of carbonyl (C=O) groups is 2. The highest BCUT2D eigenvalue weighted by Crippen LogP contribution is 2.49. The van der Waals surface area contributed by atoms with E-state index in [2.05, 4.69) is 150 Å². The fourth-order valence-corrected chi connectivity index (χ4v) is 26.3. The summed E-state index contributed by atoms with van der Waals surface area (Å²) in [6.45, 7) is 18.7. The maximum atomic E-state index is 14.2. The van der Waals surface area contributed by atoms with Crippen LogP contribution in [0.5, 0.6) is 0 Å². The molecule has 2 amide bonds. The number of nitrogens with zero attached hydrogens (tertiary/aromatic N) is 3. The Morgan fingerprint density at radius 1 is 0.549 bits per heavy atom. The van der Waals surface area contributed by atoms with Gasteiger partial charge in [0, 0.05) is 49.1 Å². The first-order valence-corrected chi connectivity index (χ1v) is 31.3. The summed E-state index contributed by atoms with van der Waals surface area (Å²) in [7, 11) is -9.44. The molecular weight excluding hydrogens is 957 g/mol. The molecular formula is C57H68N4O6S2Si2. The zero-order valence-corrected chi connectivity index (χ0v) is 45.9. The van der Waals surface area contributed by atoms with E-state index in [9.17, 15) is 26.4 Å². The second kappa shape index (κ2) is 21.1. The topological polar surface area (TPSA) is 124 Å². The van der Waals surface area contributed by atoms with Crippen molar-refractivity contribution in [2.75, 3.05) is 43.5 Å². The van der Waals surface area contributed by atoms with Crippen LogP contribution in [-0.4, -0.2) is 82.8 Å². The van der Waals surface area contributed by atoms with Gasteiger partial charge in [0.25, 0.3) is 0 Å². The monoisotopic (exact) mass is 1020 g/mol. The molecule has 1 N–H and O–H groups in total. The van der Waals surface area contributed by atoms with Gasteiger partial charge in [-0.25, -0.2) is 21.6 Å². The normalized spacial score (nSPS) is 17.0. The van der Waals surface area contributed by atoms with Gasteiger partial charge in [-0.2, -0.15) is 4.31 Å². The SMILES string of the molecule is C=CCN(C)S(=O)(=O)c1ccc(N2CC[C@H]([Si](c3ccccc3)(c3ccccc3)C(C)(C)C)C2=O)cc1.CNS(=O)(=O)c1ccc(N2CC[C@H]([Si](c3ccccc3)(c3ccccc3)C(C)(C)C)C2=O)cc1. The highest BCUT2D eigenvalue weighted by atomic mass is 32.2. The van der Waals surface area contributed by atoms with Crippen LogP contribution in [0.1, 0.15) is 54.4 Å². The van der Waals surface area contributed by atoms with Gasteiger partial charge < -0.3 is 9.80 Å². The van der Waals surface area contributed by atoms with Crippen LogP contribution in [0.2, 0.25) is 21.2 Å². The Hall–Kier alpha value is -5.75. The molecule has 10 nitrogen and oxygen atoms in total. The quantitative estimate of drug-likeness (QED) is 0.0864. The van der Waals surface area contributed by atoms with E-state index in [-0.39, 0.29) is 49.3 Å². The molecule has 0 saturated carbocycles. The number of nitrogens with one attached hydrogen (secondary N) is 1. The van der Waals surface area contributed by atoms with Crippen LogP contribution in [0.4, 0.5) is 11.4 Å². The van der Waals surface area contributed by atoms with Gasteiger partial charge in [0.05, 0.1) is 9.79 Å². The van der Waals surface area contributed by atoms with Gasteiger partial charge in [0.2, 0.25) is 31.9 Å². The second-order valence-corrected chi connectivity index (χ2v) is 34.4. The third kappa shape index (κ3) is 9.94. The number of rotatable bonds is 14. The fraction of sp³-hybridized carbons (Fsp3) is 0.298. The Labute approximate surface area is 424 Å². The maximum absolute atomic E-state index is 14.2. The van der Waals surface area contributed by atoms with Gasteiger partial charge in [-0.05, 0) is 78.5 Å². The van der Waals surface area contributed by atoms with Gasteiger partial charge >= 0.3 is 0 Å². The van der Waals surface area contributed by atoms with E-state index in [4.69, 9.17) is 0 Å². The van der Waals surface area contributed by atoms with Crippen LogP contribution in [0.15, 0.2) is 192 Å². The van der Waals surface area contributed by atoms with Crippen molar-refractivity contribution in [1.29, 1.82) is 0 Å². The third-order valence-corrected chi connectivity index (χ3v) is 30.8. The molecule has 2 saturated heterocycles. The number of likely N-dealkylation sites (N-methyl/N-ethyl adjacent to an activating group) is 1. The summed E-state index contributed by atoms with van der Waals surface area (Å²) in [5.74, 6) is 0.243. The Balaban J connectivity index is 0.000000209. The molecule has 6 aromatic rings. The molecule has 2 aliphatic heterocycles. The fourth-order valence-electron chi connectivity index (χ4n) is 11.6. The maximum Gasteiger partial charge on any atom is 0.243 e. The molecule has 2 aliphatic rings. The zero-order valence-electron chi connectivity index (χ0n) is 42.2. The van der Waals surface area contributed by atoms with Gasteiger partial charge in [0.1, 0.15) is 16.1 Å². The smallest absolute Gasteiger partial charge is 0.243 e. The number of hydrogen-bond donors (Lipinski definition) is 1. The summed E-state index contributed by atoms with van der Waals surface area (Å²) in [6.07, 6.45) is 3.08. The number of amides is 2. The van der Waals surface area contributed by atoms with E-state index >= 15 is 0 Å². The lowest BCUT2D eigenvalue weighted by atomic mass is 10.2. The Morgan fingerprint density at radius 2 is 0.859 bits per heavy atom. The van der Waals surface area contributed by atoms with Crippen molar-refractivity contribution in [3.8, 4) is 0 Å². The largest absolute Gasteiger partial charge is 0.312 e. The van der Waals surface area contributed by atoms with Crippen molar-refractivity contribution in [3.05, 3.63) is 183 Å². The molecule has 0 unspecified atom stereocenters. The van der Waals surface area contributed by atoms with Crippen LogP contribution in [-0.2, 0) is 29.6 Å². The van der Waals surface area contributed by atoms with E-state index in [1.54, 1.807) is 54.6 Å². The molecule has 0 aromatic heterocycles. The molecule has 0 spiro atoms. The molecule has 0 bridgehead atoms. The number of anilines is 2. The average Bonchev–Trinajstić information content (AvgIpc) is 3.94. The molecule has 6 aromatic carbocycles. The van der Waals surface area contributed by atoms with Crippen LogP contribution < -0.4 is 35.3 Å². The standard InChI is InChI=1S/C30H36N2O3SSi.C27H32N2O3SSi/c1-6-22-31(5)36(34,35)25-19-17-24(18-20-25)32-23-21-28(29(32)33)37(30(2,3)4,26-13-9-7-10-14-26)27-15-11-8-12-16-27;1-27(2,3)34(23-11-7-5-8-12-23,24-13-9-6-10-14-24)25-19-20-29(26(25)30)21-15-17-22(18-16-21)33(31,32)28-4/h6-20,28H,1,21-23H2,2-5H3;5-18,25,28H,19-20H2,1-4H3/t28-;25-/m00/s1. The molecule has 0 radical (unpaired) electrons. The highest BCUT2D eigenvalue weighted by molar-refractivity contribution is 7.89. The number of sulfonamides is 2. The number of hydrogen-bond acceptors (Lipinski definition) is 6. The first-order chi connectivity index (χ1) is 33.7. The molecule has 8 rings (SSSR count). The van der Waals surface area contributed by atoms with Crippen molar-refractivity contribution in [2.45, 2.75) is 85.3 Å². The summed E-state index contributed by atoms with van der Waals surface area (Å²) in [5.41, 5.74) is 1.20. The van der Waals surface area contributed by atoms with Crippen molar-refractivity contribution in [3.63, 3.8) is 0 Å². The molecule has 2 fully saturated rings. The third-order valence-electron chi connectivity index (χ3n) is 14.7. The summed E-state index contributed by atoms with van der Waals surface area (Å²) >= 11 is 0. The van der Waals surface area contributed by atoms with Gasteiger partial charge in [-0.3, -0.25) is 9.59 Å². The number of benzene rings is 6. The van der Waals surface area contributed by atoms with E-state index in [1.807, 2.05) is 34.1 Å². The van der Waals surface area contributed by atoms with E-state index in [0.717, 1.165) is 24.2 Å². The highest BCUT2D eigenvalue weighted by Gasteiger charge is 2.59. The molecule has 2 atom stereocenters. The molecule has 2 heterocycles. The lowest BCUT2D eigenvalue weighted by Gasteiger charge is -2.47. The second-order valence-electron chi connectivity index (χ2n) is 20.5. The number of carbonyl (C=O) groups excluding carboxylic acids is 2. The zero-order chi connectivity index (χ0) is 51.4. The first kappa shape index (κ1) is 53.1. The van der Waals surface area contributed by atoms with Crippen LogP contribution in [0, 0.1) is 0 Å². The lowest BCUT2D eigenvalue weighted by molar-refractivity contribution is -0.117. The first-order valence-electron chi connectivity index (χ1n) is 24.2. The van der Waals surface area contributed by atoms with Gasteiger partial charge in [-0.1, -0.05) is 190 Å². The minimum Gasteiger partial charge on any atom is -0.312 e. The van der Waals surface area contributed by atoms with Gasteiger partial charge in [-0.15, -0.1) is 6.58 Å². The van der Waals surface area contributed by atoms with E-state index in [0.29, 0.717) is 13.1 Å².